The van der Waals surface area contributed by atoms with Gasteiger partial charge >= 0.3 is 5.97 Å². The number of carbonyl (C=O) groups is 1. The summed E-state index contributed by atoms with van der Waals surface area (Å²) in [5, 5.41) is 4.12. The Kier molecular flexibility index (Phi) is 4.65. The summed E-state index contributed by atoms with van der Waals surface area (Å²) in [4.78, 5) is 20.5. The highest BCUT2D eigenvalue weighted by Gasteiger charge is 2.14. The van der Waals surface area contributed by atoms with E-state index in [2.05, 4.69) is 15.1 Å². The largest absolute Gasteiger partial charge is 0.461 e. The van der Waals surface area contributed by atoms with Crippen LogP contribution in [0.15, 0.2) is 42.7 Å². The number of benzene rings is 1. The molecule has 0 fully saturated rings. The number of hydrogen-bond acceptors (Lipinski definition) is 5. The van der Waals surface area contributed by atoms with E-state index in [1.54, 1.807) is 4.52 Å². The fourth-order valence-corrected chi connectivity index (χ4v) is 2.50. The van der Waals surface area contributed by atoms with Gasteiger partial charge in [0, 0.05) is 17.0 Å². The number of hydrogen-bond donors (Lipinski definition) is 0. The quantitative estimate of drug-likeness (QED) is 0.675. The number of aryl methyl sites for hydroxylation is 2. The molecule has 0 unspecified atom stereocenters. The van der Waals surface area contributed by atoms with Crippen LogP contribution in [0.2, 0.25) is 0 Å². The predicted molar refractivity (Wildman–Crippen MR) is 90.4 cm³/mol. The van der Waals surface area contributed by atoms with E-state index >= 15 is 0 Å². The SMILES string of the molecule is Cc1nc2ncnn2c(C)c1CC(=O)OC/C=C/c1ccccc1. The van der Waals surface area contributed by atoms with Crippen molar-refractivity contribution in [1.29, 1.82) is 0 Å². The van der Waals surface area contributed by atoms with Crippen LogP contribution < -0.4 is 0 Å². The molecular formula is C18H18N4O2. The minimum atomic E-state index is -0.292. The molecule has 6 nitrogen and oxygen atoms in total. The maximum Gasteiger partial charge on any atom is 0.310 e. The van der Waals surface area contributed by atoms with Gasteiger partial charge in [-0.1, -0.05) is 36.4 Å². The summed E-state index contributed by atoms with van der Waals surface area (Å²) in [5.41, 5.74) is 3.52. The summed E-state index contributed by atoms with van der Waals surface area (Å²) in [6.07, 6.45) is 5.36. The van der Waals surface area contributed by atoms with E-state index in [4.69, 9.17) is 4.74 Å². The Morgan fingerprint density at radius 3 is 2.83 bits per heavy atom. The molecule has 6 heteroatoms. The van der Waals surface area contributed by atoms with Gasteiger partial charge in [0.15, 0.2) is 0 Å². The number of ether oxygens (including phenoxy) is 1. The van der Waals surface area contributed by atoms with Crippen molar-refractivity contribution in [3.05, 3.63) is 65.2 Å². The summed E-state index contributed by atoms with van der Waals surface area (Å²) in [7, 11) is 0. The molecule has 2 heterocycles. The first-order valence-corrected chi connectivity index (χ1v) is 7.68. The maximum absolute atomic E-state index is 12.1. The molecule has 1 aromatic carbocycles. The molecule has 0 aliphatic heterocycles. The molecule has 0 aliphatic rings. The monoisotopic (exact) mass is 322 g/mol. The van der Waals surface area contributed by atoms with Crippen LogP contribution in [0, 0.1) is 13.8 Å². The van der Waals surface area contributed by atoms with Gasteiger partial charge in [0.25, 0.3) is 5.78 Å². The number of esters is 1. The molecule has 0 amide bonds. The van der Waals surface area contributed by atoms with E-state index in [9.17, 15) is 4.79 Å². The third-order valence-corrected chi connectivity index (χ3v) is 3.76. The molecular weight excluding hydrogens is 304 g/mol. The van der Waals surface area contributed by atoms with Crippen molar-refractivity contribution in [2.75, 3.05) is 6.61 Å². The van der Waals surface area contributed by atoms with Gasteiger partial charge in [0.1, 0.15) is 12.9 Å². The van der Waals surface area contributed by atoms with Gasteiger partial charge < -0.3 is 4.74 Å². The summed E-state index contributed by atoms with van der Waals surface area (Å²) >= 11 is 0. The highest BCUT2D eigenvalue weighted by Crippen LogP contribution is 2.14. The van der Waals surface area contributed by atoms with E-state index in [1.165, 1.54) is 6.33 Å². The molecule has 0 radical (unpaired) electrons. The van der Waals surface area contributed by atoms with E-state index < -0.39 is 0 Å². The van der Waals surface area contributed by atoms with Crippen molar-refractivity contribution in [3.8, 4) is 0 Å². The standard InChI is InChI=1S/C18H18N4O2/c1-13-16(14(2)22-18(21-13)19-12-20-22)11-17(23)24-10-6-9-15-7-4-3-5-8-15/h3-9,12H,10-11H2,1-2H3/b9-6+. The Hall–Kier alpha value is -3.02. The van der Waals surface area contributed by atoms with Gasteiger partial charge in [-0.05, 0) is 25.5 Å². The van der Waals surface area contributed by atoms with Crippen LogP contribution >= 0.6 is 0 Å². The third kappa shape index (κ3) is 3.48. The lowest BCUT2D eigenvalue weighted by Gasteiger charge is -2.09. The van der Waals surface area contributed by atoms with E-state index in [1.807, 2.05) is 56.3 Å². The highest BCUT2D eigenvalue weighted by atomic mass is 16.5. The number of carbonyl (C=O) groups excluding carboxylic acids is 1. The average Bonchev–Trinajstić information content (AvgIpc) is 3.05. The summed E-state index contributed by atoms with van der Waals surface area (Å²) in [6, 6.07) is 9.87. The molecule has 0 bridgehead atoms. The zero-order valence-corrected chi connectivity index (χ0v) is 13.6. The van der Waals surface area contributed by atoms with Crippen molar-refractivity contribution >= 4 is 17.8 Å². The van der Waals surface area contributed by atoms with Crippen molar-refractivity contribution in [3.63, 3.8) is 0 Å². The fourth-order valence-electron chi connectivity index (χ4n) is 2.50. The van der Waals surface area contributed by atoms with Crippen LogP contribution in [0.5, 0.6) is 0 Å². The first kappa shape index (κ1) is 15.9. The number of fused-ring (bicyclic) bond motifs is 1. The minimum Gasteiger partial charge on any atom is -0.461 e. The third-order valence-electron chi connectivity index (χ3n) is 3.76. The lowest BCUT2D eigenvalue weighted by molar-refractivity contribution is -0.141. The van der Waals surface area contributed by atoms with Crippen molar-refractivity contribution in [1.82, 2.24) is 19.6 Å². The van der Waals surface area contributed by atoms with Crippen LogP contribution in [0.1, 0.15) is 22.5 Å². The lowest BCUT2D eigenvalue weighted by atomic mass is 10.1. The first-order valence-electron chi connectivity index (χ1n) is 7.68. The summed E-state index contributed by atoms with van der Waals surface area (Å²) in [5.74, 6) is 0.244. The number of rotatable bonds is 5. The van der Waals surface area contributed by atoms with Crippen LogP contribution in [0.4, 0.5) is 0 Å². The van der Waals surface area contributed by atoms with Crippen LogP contribution in [-0.4, -0.2) is 32.2 Å². The van der Waals surface area contributed by atoms with Gasteiger partial charge in [0.2, 0.25) is 0 Å². The van der Waals surface area contributed by atoms with E-state index in [0.29, 0.717) is 5.78 Å². The fraction of sp³-hybridized carbons (Fsp3) is 0.222. The molecule has 0 atom stereocenters. The number of nitrogens with zero attached hydrogens (tertiary/aromatic N) is 4. The Balaban J connectivity index is 1.62. The second kappa shape index (κ2) is 7.04. The second-order valence-corrected chi connectivity index (χ2v) is 5.41. The van der Waals surface area contributed by atoms with Crippen LogP contribution in [0.3, 0.4) is 0 Å². The molecule has 2 aromatic heterocycles. The van der Waals surface area contributed by atoms with Crippen molar-refractivity contribution in [2.45, 2.75) is 20.3 Å². The Morgan fingerprint density at radius 2 is 2.04 bits per heavy atom. The molecule has 3 rings (SSSR count). The summed E-state index contributed by atoms with van der Waals surface area (Å²) in [6.45, 7) is 4.00. The van der Waals surface area contributed by atoms with Crippen LogP contribution in [0.25, 0.3) is 11.9 Å². The van der Waals surface area contributed by atoms with Gasteiger partial charge in [-0.25, -0.2) is 9.50 Å². The zero-order chi connectivity index (χ0) is 16.9. The molecule has 3 aromatic rings. The Labute approximate surface area is 139 Å². The maximum atomic E-state index is 12.1. The Morgan fingerprint density at radius 1 is 1.25 bits per heavy atom. The topological polar surface area (TPSA) is 69.4 Å². The van der Waals surface area contributed by atoms with E-state index in [0.717, 1.165) is 22.5 Å². The smallest absolute Gasteiger partial charge is 0.310 e. The van der Waals surface area contributed by atoms with Crippen molar-refractivity contribution < 1.29 is 9.53 Å². The predicted octanol–water partition coefficient (Wildman–Crippen LogP) is 2.54. The molecule has 24 heavy (non-hydrogen) atoms. The van der Waals surface area contributed by atoms with Gasteiger partial charge in [-0.2, -0.15) is 10.1 Å². The molecule has 0 N–H and O–H groups in total. The molecule has 0 aliphatic carbocycles. The summed E-state index contributed by atoms with van der Waals surface area (Å²) < 4.78 is 6.90. The lowest BCUT2D eigenvalue weighted by Crippen LogP contribution is -2.13. The van der Waals surface area contributed by atoms with Gasteiger partial charge in [0.05, 0.1) is 6.42 Å². The minimum absolute atomic E-state index is 0.166. The van der Waals surface area contributed by atoms with E-state index in [-0.39, 0.29) is 19.0 Å². The zero-order valence-electron chi connectivity index (χ0n) is 13.6. The molecule has 0 saturated heterocycles. The first-order chi connectivity index (χ1) is 11.6. The van der Waals surface area contributed by atoms with Crippen LogP contribution in [-0.2, 0) is 16.0 Å². The highest BCUT2D eigenvalue weighted by molar-refractivity contribution is 5.73. The van der Waals surface area contributed by atoms with Crippen molar-refractivity contribution in [2.24, 2.45) is 0 Å². The second-order valence-electron chi connectivity index (χ2n) is 5.41. The Bertz CT molecular complexity index is 885. The molecule has 122 valence electrons. The average molecular weight is 322 g/mol. The van der Waals surface area contributed by atoms with Gasteiger partial charge in [-0.15, -0.1) is 0 Å². The van der Waals surface area contributed by atoms with Gasteiger partial charge in [-0.3, -0.25) is 4.79 Å². The normalized spacial score (nSPS) is 11.2. The molecule has 0 spiro atoms. The number of aromatic nitrogens is 4. The molecule has 0 saturated carbocycles.